The molecular formula is C26H23FN6O4. The topological polar surface area (TPSA) is 122 Å². The third kappa shape index (κ3) is 5.62. The van der Waals surface area contributed by atoms with E-state index >= 15 is 4.39 Å². The van der Waals surface area contributed by atoms with E-state index in [0.29, 0.717) is 71.7 Å². The fraction of sp³-hybridized carbons (Fsp3) is 0.192. The monoisotopic (exact) mass is 502 g/mol. The van der Waals surface area contributed by atoms with Crippen LogP contribution in [0.15, 0.2) is 58.1 Å². The van der Waals surface area contributed by atoms with Gasteiger partial charge in [-0.15, -0.1) is 4.91 Å². The minimum absolute atomic E-state index is 0.0399. The second-order valence-electron chi connectivity index (χ2n) is 8.33. The van der Waals surface area contributed by atoms with Crippen molar-refractivity contribution in [1.29, 1.82) is 0 Å². The minimum atomic E-state index is -0.388. The number of anilines is 4. The van der Waals surface area contributed by atoms with Gasteiger partial charge in [0.1, 0.15) is 17.4 Å². The van der Waals surface area contributed by atoms with Crippen LogP contribution in [-0.4, -0.2) is 42.2 Å². The van der Waals surface area contributed by atoms with Gasteiger partial charge in [0.05, 0.1) is 24.4 Å². The molecule has 10 nitrogen and oxygen atoms in total. The molecule has 2 aromatic carbocycles. The van der Waals surface area contributed by atoms with E-state index in [1.165, 1.54) is 19.1 Å². The largest absolute Gasteiger partial charge is 0.436 e. The van der Waals surface area contributed by atoms with Crippen LogP contribution in [0, 0.1) is 10.7 Å². The van der Waals surface area contributed by atoms with Gasteiger partial charge in [-0.25, -0.2) is 14.4 Å². The maximum absolute atomic E-state index is 15.2. The predicted octanol–water partition coefficient (Wildman–Crippen LogP) is 5.47. The van der Waals surface area contributed by atoms with Crippen molar-refractivity contribution in [3.8, 4) is 0 Å². The lowest BCUT2D eigenvalue weighted by Crippen LogP contribution is -2.36. The van der Waals surface area contributed by atoms with Gasteiger partial charge < -0.3 is 24.7 Å². The normalized spacial score (nSPS) is 13.7. The fourth-order valence-electron chi connectivity index (χ4n) is 3.99. The van der Waals surface area contributed by atoms with Crippen LogP contribution < -0.4 is 15.5 Å². The summed E-state index contributed by atoms with van der Waals surface area (Å²) in [4.78, 5) is 33.1. The number of carbonyl (C=O) groups excluding carboxylic acids is 1. The zero-order chi connectivity index (χ0) is 25.8. The number of amides is 1. The zero-order valence-electron chi connectivity index (χ0n) is 19.9. The lowest BCUT2D eigenvalue weighted by Gasteiger charge is -2.29. The van der Waals surface area contributed by atoms with Gasteiger partial charge in [0, 0.05) is 54.1 Å². The van der Waals surface area contributed by atoms with Crippen LogP contribution in [0.5, 0.6) is 0 Å². The number of aromatic nitrogens is 2. The van der Waals surface area contributed by atoms with Gasteiger partial charge in [0.15, 0.2) is 5.82 Å². The maximum atomic E-state index is 15.2. The number of nitrogens with zero attached hydrogens (tertiary/aromatic N) is 4. The summed E-state index contributed by atoms with van der Waals surface area (Å²) in [6.07, 6.45) is 3.20. The highest BCUT2D eigenvalue weighted by atomic mass is 19.1. The smallest absolute Gasteiger partial charge is 0.260 e. The van der Waals surface area contributed by atoms with E-state index in [2.05, 4.69) is 25.8 Å². The number of furan rings is 1. The fourth-order valence-corrected chi connectivity index (χ4v) is 3.99. The Labute approximate surface area is 211 Å². The summed E-state index contributed by atoms with van der Waals surface area (Å²) in [5.41, 5.74) is 2.25. The number of rotatable bonds is 7. The summed E-state index contributed by atoms with van der Waals surface area (Å²) >= 11 is 0. The molecule has 2 aromatic heterocycles. The molecule has 0 atom stereocenters. The molecule has 3 heterocycles. The van der Waals surface area contributed by atoms with Crippen molar-refractivity contribution in [2.75, 3.05) is 41.8 Å². The number of fused-ring (bicyclic) bond motifs is 1. The number of hydrogen-bond acceptors (Lipinski definition) is 9. The Morgan fingerprint density at radius 3 is 2.51 bits per heavy atom. The van der Waals surface area contributed by atoms with Gasteiger partial charge in [-0.05, 0) is 48.6 Å². The average molecular weight is 503 g/mol. The van der Waals surface area contributed by atoms with Crippen LogP contribution >= 0.6 is 0 Å². The lowest BCUT2D eigenvalue weighted by molar-refractivity contribution is -0.114. The molecule has 1 aliphatic heterocycles. The van der Waals surface area contributed by atoms with E-state index in [4.69, 9.17) is 9.15 Å². The number of nitroso groups, excluding NO2 is 1. The number of halogens is 1. The van der Waals surface area contributed by atoms with Crippen molar-refractivity contribution in [2.45, 2.75) is 6.92 Å². The number of nitrogens with one attached hydrogen (secondary N) is 2. The van der Waals surface area contributed by atoms with Crippen LogP contribution in [0.1, 0.15) is 18.5 Å². The van der Waals surface area contributed by atoms with Crippen LogP contribution in [0.2, 0.25) is 0 Å². The SMILES string of the molecule is CC(=O)Nc1ccc(Nc2nc(/C=C/c3ccc(N=O)o3)nc3cc(F)c(N4CCOCC4)cc23)cc1. The summed E-state index contributed by atoms with van der Waals surface area (Å²) in [7, 11) is 0. The molecule has 0 unspecified atom stereocenters. The molecule has 0 spiro atoms. The van der Waals surface area contributed by atoms with E-state index < -0.39 is 0 Å². The molecule has 1 amide bonds. The first-order chi connectivity index (χ1) is 18.0. The van der Waals surface area contributed by atoms with Crippen LogP contribution in [-0.2, 0) is 9.53 Å². The highest BCUT2D eigenvalue weighted by molar-refractivity contribution is 5.94. The number of hydrogen-bond donors (Lipinski definition) is 2. The van der Waals surface area contributed by atoms with Crippen molar-refractivity contribution in [3.63, 3.8) is 0 Å². The standard InChI is InChI=1S/C26H23FN6O4/c1-16(34)28-17-2-4-18(5-3-17)29-26-20-14-23(33-10-12-36-13-11-33)21(27)15-22(20)30-24(31-26)8-6-19-7-9-25(32-35)37-19/h2-9,14-15H,10-13H2,1H3,(H,28,34)(H,29,30,31)/b8-6+. The Kier molecular flexibility index (Phi) is 6.86. The highest BCUT2D eigenvalue weighted by Gasteiger charge is 2.18. The first-order valence-electron chi connectivity index (χ1n) is 11.6. The molecule has 0 saturated carbocycles. The summed E-state index contributed by atoms with van der Waals surface area (Å²) in [6, 6.07) is 13.3. The van der Waals surface area contributed by atoms with Crippen molar-refractivity contribution < 1.29 is 18.3 Å². The number of carbonyl (C=O) groups is 1. The lowest BCUT2D eigenvalue weighted by atomic mass is 10.1. The van der Waals surface area contributed by atoms with Crippen LogP contribution in [0.3, 0.4) is 0 Å². The Balaban J connectivity index is 1.54. The minimum Gasteiger partial charge on any atom is -0.436 e. The molecule has 1 aliphatic rings. The number of morpholine rings is 1. The predicted molar refractivity (Wildman–Crippen MR) is 140 cm³/mol. The molecular weight excluding hydrogens is 479 g/mol. The average Bonchev–Trinajstić information content (AvgIpc) is 3.37. The van der Waals surface area contributed by atoms with Gasteiger partial charge in [0.2, 0.25) is 5.91 Å². The quantitative estimate of drug-likeness (QED) is 0.319. The first-order valence-corrected chi connectivity index (χ1v) is 11.6. The third-order valence-electron chi connectivity index (χ3n) is 5.70. The Bertz CT molecular complexity index is 1480. The van der Waals surface area contributed by atoms with E-state index in [1.54, 1.807) is 48.6 Å². The molecule has 1 fully saturated rings. The highest BCUT2D eigenvalue weighted by Crippen LogP contribution is 2.32. The van der Waals surface area contributed by atoms with Crippen molar-refractivity contribution >= 4 is 57.7 Å². The molecule has 0 bridgehead atoms. The van der Waals surface area contributed by atoms with Crippen molar-refractivity contribution in [1.82, 2.24) is 9.97 Å². The molecule has 11 heteroatoms. The first kappa shape index (κ1) is 24.1. The second-order valence-corrected chi connectivity index (χ2v) is 8.33. The van der Waals surface area contributed by atoms with Gasteiger partial charge in [-0.2, -0.15) is 0 Å². The molecule has 188 valence electrons. The third-order valence-corrected chi connectivity index (χ3v) is 5.70. The van der Waals surface area contributed by atoms with Crippen LogP contribution in [0.4, 0.5) is 33.2 Å². The molecule has 1 saturated heterocycles. The van der Waals surface area contributed by atoms with Gasteiger partial charge in [-0.1, -0.05) is 0 Å². The molecule has 0 radical (unpaired) electrons. The summed E-state index contributed by atoms with van der Waals surface area (Å²) in [5.74, 6) is 0.587. The van der Waals surface area contributed by atoms with Gasteiger partial charge in [-0.3, -0.25) is 4.79 Å². The molecule has 4 aromatic rings. The van der Waals surface area contributed by atoms with Gasteiger partial charge >= 0.3 is 0 Å². The Morgan fingerprint density at radius 2 is 1.81 bits per heavy atom. The number of ether oxygens (including phenoxy) is 1. The van der Waals surface area contributed by atoms with Crippen molar-refractivity contribution in [2.24, 2.45) is 5.18 Å². The second kappa shape index (κ2) is 10.5. The van der Waals surface area contributed by atoms with E-state index in [9.17, 15) is 9.70 Å². The van der Waals surface area contributed by atoms with E-state index in [-0.39, 0.29) is 17.6 Å². The summed E-state index contributed by atoms with van der Waals surface area (Å²) in [6.45, 7) is 3.66. The molecule has 0 aliphatic carbocycles. The van der Waals surface area contributed by atoms with Crippen LogP contribution in [0.25, 0.3) is 23.1 Å². The molecule has 37 heavy (non-hydrogen) atoms. The van der Waals surface area contributed by atoms with E-state index in [1.807, 2.05) is 4.90 Å². The molecule has 5 rings (SSSR count). The Morgan fingerprint density at radius 1 is 1.05 bits per heavy atom. The maximum Gasteiger partial charge on any atom is 0.260 e. The summed E-state index contributed by atoms with van der Waals surface area (Å²) < 4.78 is 25.8. The number of benzene rings is 2. The van der Waals surface area contributed by atoms with Gasteiger partial charge in [0.25, 0.3) is 5.88 Å². The van der Waals surface area contributed by atoms with Crippen molar-refractivity contribution in [3.05, 3.63) is 70.8 Å². The summed E-state index contributed by atoms with van der Waals surface area (Å²) in [5, 5.41) is 9.41. The molecule has 2 N–H and O–H groups in total. The zero-order valence-corrected chi connectivity index (χ0v) is 19.9. The Hall–Kier alpha value is -4.64. The van der Waals surface area contributed by atoms with E-state index in [0.717, 1.165) is 0 Å².